The van der Waals surface area contributed by atoms with Gasteiger partial charge in [0.25, 0.3) is 5.91 Å². The molecule has 2 aliphatic heterocycles. The summed E-state index contributed by atoms with van der Waals surface area (Å²) in [6.45, 7) is 1.76. The number of carbonyl (C=O) groups is 2. The lowest BCUT2D eigenvalue weighted by atomic mass is 9.88. The normalized spacial score (nSPS) is 17.7. The van der Waals surface area contributed by atoms with E-state index in [9.17, 15) is 27.6 Å². The molecule has 3 heterocycles. The third-order valence-corrected chi connectivity index (χ3v) is 7.95. The highest BCUT2D eigenvalue weighted by molar-refractivity contribution is 7.98. The van der Waals surface area contributed by atoms with E-state index in [1.165, 1.54) is 10.9 Å². The monoisotopic (exact) mass is 543 g/mol. The molecular formula is C27H24F3N3O4S. The van der Waals surface area contributed by atoms with Gasteiger partial charge in [-0.1, -0.05) is 42.5 Å². The largest absolute Gasteiger partial charge is 0.420 e. The molecule has 0 fully saturated rings. The fraction of sp³-hybridized carbons (Fsp3) is 0.296. The lowest BCUT2D eigenvalue weighted by Gasteiger charge is -2.43. The quantitative estimate of drug-likeness (QED) is 0.451. The van der Waals surface area contributed by atoms with Crippen LogP contribution in [0.4, 0.5) is 13.2 Å². The molecule has 7 nitrogen and oxygen atoms in total. The molecule has 1 amide bonds. The van der Waals surface area contributed by atoms with Crippen molar-refractivity contribution in [2.75, 3.05) is 18.2 Å². The van der Waals surface area contributed by atoms with Crippen LogP contribution in [0.25, 0.3) is 0 Å². The van der Waals surface area contributed by atoms with E-state index in [1.54, 1.807) is 16.8 Å². The molecule has 2 aliphatic rings. The maximum absolute atomic E-state index is 13.8. The summed E-state index contributed by atoms with van der Waals surface area (Å²) in [6.07, 6.45) is -3.38. The first kappa shape index (κ1) is 25.9. The number of alkyl halides is 3. The van der Waals surface area contributed by atoms with Crippen molar-refractivity contribution < 1.29 is 27.5 Å². The smallest absolute Gasteiger partial charge is 0.408 e. The first-order chi connectivity index (χ1) is 18.1. The van der Waals surface area contributed by atoms with E-state index >= 15 is 0 Å². The van der Waals surface area contributed by atoms with Crippen LogP contribution in [0.15, 0.2) is 70.5 Å². The van der Waals surface area contributed by atoms with Gasteiger partial charge in [0.15, 0.2) is 5.69 Å². The predicted octanol–water partition coefficient (Wildman–Crippen LogP) is 4.51. The maximum Gasteiger partial charge on any atom is 0.408 e. The SMILES string of the molecule is CC(=O)Oc1c2n(ccc1=O)N(C[C@@H]1c3ccccc3CSc3ccccc31)CN([C@@H](C)C(F)(F)F)C2=O. The fourth-order valence-electron chi connectivity index (χ4n) is 4.88. The molecule has 5 rings (SSSR count). The summed E-state index contributed by atoms with van der Waals surface area (Å²) >= 11 is 1.69. The average Bonchev–Trinajstić information content (AvgIpc) is 3.03. The van der Waals surface area contributed by atoms with Crippen LogP contribution >= 0.6 is 11.8 Å². The Morgan fingerprint density at radius 3 is 2.47 bits per heavy atom. The van der Waals surface area contributed by atoms with Gasteiger partial charge in [-0.15, -0.1) is 11.8 Å². The number of amides is 1. The van der Waals surface area contributed by atoms with E-state index in [2.05, 4.69) is 0 Å². The van der Waals surface area contributed by atoms with E-state index < -0.39 is 41.0 Å². The number of nitrogens with zero attached hydrogens (tertiary/aromatic N) is 3. The Kier molecular flexibility index (Phi) is 6.72. The number of rotatable bonds is 4. The van der Waals surface area contributed by atoms with Gasteiger partial charge in [0.05, 0.1) is 0 Å². The third kappa shape index (κ3) is 4.66. The molecule has 0 saturated carbocycles. The van der Waals surface area contributed by atoms with Crippen molar-refractivity contribution in [3.63, 3.8) is 0 Å². The molecule has 2 atom stereocenters. The van der Waals surface area contributed by atoms with E-state index in [1.807, 2.05) is 48.5 Å². The van der Waals surface area contributed by atoms with Crippen LogP contribution in [0, 0.1) is 0 Å². The number of thioether (sulfide) groups is 1. The van der Waals surface area contributed by atoms with Crippen LogP contribution in [-0.2, 0) is 10.5 Å². The van der Waals surface area contributed by atoms with Crippen molar-refractivity contribution in [1.82, 2.24) is 9.58 Å². The lowest BCUT2D eigenvalue weighted by molar-refractivity contribution is -0.173. The number of aromatic nitrogens is 1. The number of carbonyl (C=O) groups excluding carboxylic acids is 2. The minimum absolute atomic E-state index is 0.193. The Morgan fingerprint density at radius 2 is 1.76 bits per heavy atom. The molecule has 2 aromatic carbocycles. The highest BCUT2D eigenvalue weighted by Crippen LogP contribution is 2.41. The van der Waals surface area contributed by atoms with Crippen LogP contribution in [0.1, 0.15) is 46.9 Å². The number of fused-ring (bicyclic) bond motifs is 3. The number of esters is 1. The summed E-state index contributed by atoms with van der Waals surface area (Å²) in [5, 5.41) is 1.58. The van der Waals surface area contributed by atoms with Gasteiger partial charge in [-0.2, -0.15) is 13.2 Å². The zero-order valence-electron chi connectivity index (χ0n) is 20.6. The summed E-state index contributed by atoms with van der Waals surface area (Å²) in [5.41, 5.74) is 1.95. The minimum atomic E-state index is -4.71. The molecule has 38 heavy (non-hydrogen) atoms. The molecule has 0 saturated heterocycles. The van der Waals surface area contributed by atoms with Crippen LogP contribution in [-0.4, -0.2) is 46.9 Å². The number of pyridine rings is 1. The van der Waals surface area contributed by atoms with Crippen LogP contribution < -0.4 is 15.2 Å². The third-order valence-electron chi connectivity index (χ3n) is 6.81. The Labute approximate surface area is 220 Å². The Hall–Kier alpha value is -3.73. The molecule has 0 spiro atoms. The van der Waals surface area contributed by atoms with Crippen LogP contribution in [0.3, 0.4) is 0 Å². The van der Waals surface area contributed by atoms with Gasteiger partial charge >= 0.3 is 12.1 Å². The number of hydrogen-bond donors (Lipinski definition) is 0. The number of hydrogen-bond acceptors (Lipinski definition) is 6. The second-order valence-corrected chi connectivity index (χ2v) is 10.2. The molecular weight excluding hydrogens is 519 g/mol. The standard InChI is InChI=1S/C27H24F3N3O4S/c1-16(27(28,29)30)32-15-31(33-12-11-22(35)25(37-17(2)34)24(33)26(32)36)13-21-19-8-4-3-7-18(19)14-38-23-10-6-5-9-20(21)23/h3-12,16,21H,13-15H2,1-2H3/t16-,21+/m0/s1. The van der Waals surface area contributed by atoms with E-state index in [-0.39, 0.29) is 19.1 Å². The zero-order valence-corrected chi connectivity index (χ0v) is 21.4. The van der Waals surface area contributed by atoms with Crippen LogP contribution in [0.2, 0.25) is 0 Å². The highest BCUT2D eigenvalue weighted by Gasteiger charge is 2.46. The van der Waals surface area contributed by atoms with Crippen molar-refractivity contribution in [2.24, 2.45) is 0 Å². The summed E-state index contributed by atoms with van der Waals surface area (Å²) in [7, 11) is 0. The highest BCUT2D eigenvalue weighted by atomic mass is 32.2. The van der Waals surface area contributed by atoms with Gasteiger partial charge in [0.1, 0.15) is 12.7 Å². The topological polar surface area (TPSA) is 71.8 Å². The summed E-state index contributed by atoms with van der Waals surface area (Å²) in [5.74, 6) is -2.01. The first-order valence-electron chi connectivity index (χ1n) is 11.9. The van der Waals surface area contributed by atoms with E-state index in [4.69, 9.17) is 4.74 Å². The van der Waals surface area contributed by atoms with E-state index in [0.717, 1.165) is 47.3 Å². The van der Waals surface area contributed by atoms with Gasteiger partial charge < -0.3 is 9.64 Å². The zero-order chi connectivity index (χ0) is 27.2. The number of benzene rings is 2. The summed E-state index contributed by atoms with van der Waals surface area (Å²) < 4.78 is 47.9. The molecule has 1 aromatic heterocycles. The second-order valence-electron chi connectivity index (χ2n) is 9.20. The van der Waals surface area contributed by atoms with Gasteiger partial charge in [0.2, 0.25) is 11.2 Å². The lowest BCUT2D eigenvalue weighted by Crippen LogP contribution is -2.60. The number of halogens is 3. The van der Waals surface area contributed by atoms with Crippen molar-refractivity contribution in [1.29, 1.82) is 0 Å². The minimum Gasteiger partial charge on any atom is -0.420 e. The fourth-order valence-corrected chi connectivity index (χ4v) is 6.01. The summed E-state index contributed by atoms with van der Waals surface area (Å²) in [6, 6.07) is 14.8. The predicted molar refractivity (Wildman–Crippen MR) is 136 cm³/mol. The average molecular weight is 544 g/mol. The molecule has 3 aromatic rings. The van der Waals surface area contributed by atoms with Gasteiger partial charge in [-0.25, -0.2) is 0 Å². The maximum atomic E-state index is 13.8. The molecule has 0 N–H and O–H groups in total. The van der Waals surface area contributed by atoms with Crippen molar-refractivity contribution in [3.8, 4) is 5.75 Å². The van der Waals surface area contributed by atoms with Crippen molar-refractivity contribution >= 4 is 23.6 Å². The second kappa shape index (κ2) is 9.86. The van der Waals surface area contributed by atoms with Crippen molar-refractivity contribution in [2.45, 2.75) is 42.6 Å². The number of ether oxygens (including phenoxy) is 1. The van der Waals surface area contributed by atoms with Gasteiger partial charge in [-0.3, -0.25) is 24.1 Å². The molecule has 0 unspecified atom stereocenters. The van der Waals surface area contributed by atoms with Gasteiger partial charge in [0, 0.05) is 42.3 Å². The summed E-state index contributed by atoms with van der Waals surface area (Å²) in [4.78, 5) is 39.5. The van der Waals surface area contributed by atoms with E-state index in [0.29, 0.717) is 4.90 Å². The Bertz CT molecular complexity index is 1420. The van der Waals surface area contributed by atoms with Crippen LogP contribution in [0.5, 0.6) is 5.75 Å². The molecule has 198 valence electrons. The molecule has 0 radical (unpaired) electrons. The molecule has 0 aliphatic carbocycles. The van der Waals surface area contributed by atoms with Gasteiger partial charge in [-0.05, 0) is 29.7 Å². The Balaban J connectivity index is 1.67. The first-order valence-corrected chi connectivity index (χ1v) is 12.9. The molecule has 11 heteroatoms. The van der Waals surface area contributed by atoms with Crippen molar-refractivity contribution in [3.05, 3.63) is 93.4 Å². The molecule has 0 bridgehead atoms. The Morgan fingerprint density at radius 1 is 1.08 bits per heavy atom.